The van der Waals surface area contributed by atoms with Crippen LogP contribution in [0.25, 0.3) is 0 Å². The lowest BCUT2D eigenvalue weighted by Crippen LogP contribution is -2.41. The minimum atomic E-state index is 0.0153. The maximum Gasteiger partial charge on any atom is 0.0819 e. The van der Waals surface area contributed by atoms with Gasteiger partial charge in [0.2, 0.25) is 0 Å². The molecule has 2 aliphatic rings. The quantitative estimate of drug-likeness (QED) is 0.530. The van der Waals surface area contributed by atoms with Gasteiger partial charge in [0.15, 0.2) is 0 Å². The van der Waals surface area contributed by atoms with Gasteiger partial charge in [-0.1, -0.05) is 103 Å². The van der Waals surface area contributed by atoms with Gasteiger partial charge in [0.25, 0.3) is 0 Å². The van der Waals surface area contributed by atoms with Crippen molar-refractivity contribution in [3.05, 3.63) is 120 Å². The number of nitrogens with zero attached hydrogens (tertiary/aromatic N) is 1. The van der Waals surface area contributed by atoms with Gasteiger partial charge in [-0.3, -0.25) is 4.90 Å². The first-order chi connectivity index (χ1) is 15.3. The Kier molecular flexibility index (Phi) is 5.99. The van der Waals surface area contributed by atoms with E-state index in [0.29, 0.717) is 0 Å². The van der Waals surface area contributed by atoms with Gasteiger partial charge in [-0.05, 0) is 16.7 Å². The Balaban J connectivity index is 1.56. The van der Waals surface area contributed by atoms with Crippen molar-refractivity contribution in [2.24, 2.45) is 11.8 Å². The van der Waals surface area contributed by atoms with Gasteiger partial charge in [-0.2, -0.15) is 0 Å². The molecule has 3 aromatic rings. The molecule has 0 aliphatic carbocycles. The highest BCUT2D eigenvalue weighted by molar-refractivity contribution is 5.27. The maximum atomic E-state index is 10.3. The topological polar surface area (TPSA) is 32.7 Å². The molecule has 0 aromatic heterocycles. The van der Waals surface area contributed by atoms with E-state index in [-0.39, 0.29) is 36.7 Å². The fraction of sp³-hybridized carbons (Fsp3) is 0.286. The van der Waals surface area contributed by atoms with Crippen LogP contribution < -0.4 is 0 Å². The van der Waals surface area contributed by atoms with E-state index in [4.69, 9.17) is 4.74 Å². The van der Waals surface area contributed by atoms with Crippen LogP contribution in [-0.4, -0.2) is 28.8 Å². The second kappa shape index (κ2) is 9.19. The zero-order valence-corrected chi connectivity index (χ0v) is 17.6. The lowest BCUT2D eigenvalue weighted by Gasteiger charge is -2.40. The third kappa shape index (κ3) is 4.22. The summed E-state index contributed by atoms with van der Waals surface area (Å²) in [7, 11) is 0. The van der Waals surface area contributed by atoms with Crippen molar-refractivity contribution in [3.63, 3.8) is 0 Å². The summed E-state index contributed by atoms with van der Waals surface area (Å²) in [6.45, 7) is 1.82. The molecule has 2 aliphatic heterocycles. The van der Waals surface area contributed by atoms with Crippen LogP contribution in [0.2, 0.25) is 0 Å². The van der Waals surface area contributed by atoms with E-state index in [1.54, 1.807) is 0 Å². The summed E-state index contributed by atoms with van der Waals surface area (Å²) in [6.07, 6.45) is 4.38. The van der Waals surface area contributed by atoms with Crippen molar-refractivity contribution in [2.45, 2.75) is 31.3 Å². The third-order valence-electron chi connectivity index (χ3n) is 6.67. The molecule has 1 N–H and O–H groups in total. The van der Waals surface area contributed by atoms with Gasteiger partial charge in [-0.15, -0.1) is 0 Å². The summed E-state index contributed by atoms with van der Waals surface area (Å²) >= 11 is 0. The molecular formula is C28H29NO2. The van der Waals surface area contributed by atoms with E-state index in [0.717, 1.165) is 13.1 Å². The van der Waals surface area contributed by atoms with Gasteiger partial charge in [0.1, 0.15) is 0 Å². The van der Waals surface area contributed by atoms with E-state index < -0.39 is 0 Å². The van der Waals surface area contributed by atoms with Crippen LogP contribution in [0.5, 0.6) is 0 Å². The average molecular weight is 412 g/mol. The summed E-state index contributed by atoms with van der Waals surface area (Å²) in [5, 5.41) is 10.3. The first kappa shape index (κ1) is 20.2. The van der Waals surface area contributed by atoms with Crippen LogP contribution in [0.4, 0.5) is 0 Å². The molecular weight excluding hydrogens is 382 g/mol. The fourth-order valence-corrected chi connectivity index (χ4v) is 5.27. The summed E-state index contributed by atoms with van der Waals surface area (Å²) < 4.78 is 6.24. The minimum absolute atomic E-state index is 0.0153. The summed E-state index contributed by atoms with van der Waals surface area (Å²) in [4.78, 5) is 2.56. The number of aliphatic hydroxyl groups excluding tert-OH is 1. The molecule has 5 atom stereocenters. The molecule has 5 rings (SSSR count). The molecule has 2 heterocycles. The second-order valence-corrected chi connectivity index (χ2v) is 8.61. The summed E-state index contributed by atoms with van der Waals surface area (Å²) in [5.41, 5.74) is 3.86. The van der Waals surface area contributed by atoms with Crippen LogP contribution in [0.15, 0.2) is 103 Å². The number of rotatable bonds is 8. The van der Waals surface area contributed by atoms with Crippen molar-refractivity contribution in [1.82, 2.24) is 4.90 Å². The first-order valence-electron chi connectivity index (χ1n) is 11.1. The smallest absolute Gasteiger partial charge is 0.0819 e. The monoisotopic (exact) mass is 411 g/mol. The molecule has 0 saturated carbocycles. The lowest BCUT2D eigenvalue weighted by molar-refractivity contribution is 0.0629. The van der Waals surface area contributed by atoms with Crippen LogP contribution in [0, 0.1) is 11.8 Å². The molecule has 158 valence electrons. The maximum absolute atomic E-state index is 10.3. The summed E-state index contributed by atoms with van der Waals surface area (Å²) in [5.74, 6) is 0.309. The van der Waals surface area contributed by atoms with E-state index in [1.165, 1.54) is 16.7 Å². The zero-order valence-electron chi connectivity index (χ0n) is 17.6. The molecule has 31 heavy (non-hydrogen) atoms. The SMILES string of the molecule is OC[C@@H]1[C@H]([C@H](c2ccccc2)N(Cc2ccccc2)Cc2ccccc2)[C@H]2C=C[C@@H]1O2. The normalized spacial score (nSPS) is 25.2. The molecule has 1 saturated heterocycles. The van der Waals surface area contributed by atoms with E-state index >= 15 is 0 Å². The van der Waals surface area contributed by atoms with Crippen molar-refractivity contribution in [3.8, 4) is 0 Å². The Bertz CT molecular complexity index is 948. The molecule has 2 bridgehead atoms. The molecule has 0 amide bonds. The van der Waals surface area contributed by atoms with E-state index in [2.05, 4.69) is 108 Å². The molecule has 0 radical (unpaired) electrons. The molecule has 1 fully saturated rings. The summed E-state index contributed by atoms with van der Waals surface area (Å²) in [6, 6.07) is 32.2. The van der Waals surface area contributed by atoms with Gasteiger partial charge < -0.3 is 9.84 Å². The first-order valence-corrected chi connectivity index (χ1v) is 11.1. The zero-order chi connectivity index (χ0) is 21.0. The fourth-order valence-electron chi connectivity index (χ4n) is 5.27. The van der Waals surface area contributed by atoms with Gasteiger partial charge >= 0.3 is 0 Å². The Morgan fingerprint density at radius 3 is 1.77 bits per heavy atom. The van der Waals surface area contributed by atoms with Crippen LogP contribution in [0.1, 0.15) is 22.7 Å². The van der Waals surface area contributed by atoms with Crippen molar-refractivity contribution in [2.75, 3.05) is 6.61 Å². The highest BCUT2D eigenvalue weighted by Gasteiger charge is 2.50. The molecule has 3 heteroatoms. The van der Waals surface area contributed by atoms with Crippen LogP contribution in [-0.2, 0) is 17.8 Å². The van der Waals surface area contributed by atoms with Crippen LogP contribution in [0.3, 0.4) is 0 Å². The second-order valence-electron chi connectivity index (χ2n) is 8.61. The number of hydrogen-bond acceptors (Lipinski definition) is 3. The Morgan fingerprint density at radius 1 is 0.710 bits per heavy atom. The highest BCUT2D eigenvalue weighted by Crippen LogP contribution is 2.48. The number of aliphatic hydroxyl groups is 1. The van der Waals surface area contributed by atoms with Crippen molar-refractivity contribution in [1.29, 1.82) is 0 Å². The average Bonchev–Trinajstić information content (AvgIpc) is 3.43. The standard InChI is InChI=1S/C28H29NO2/c30-20-24-25-16-17-26(31-25)27(24)28(23-14-8-3-9-15-23)29(18-21-10-4-1-5-11-21)19-22-12-6-2-7-13-22/h1-17,24-28,30H,18-20H2/t24-,25-,26+,27-,28-/m0/s1. The predicted octanol–water partition coefficient (Wildman–Crippen LogP) is 4.99. The van der Waals surface area contributed by atoms with Crippen molar-refractivity contribution >= 4 is 0 Å². The van der Waals surface area contributed by atoms with E-state index in [9.17, 15) is 5.11 Å². The Labute approximate surface area is 184 Å². The molecule has 0 unspecified atom stereocenters. The molecule has 0 spiro atoms. The van der Waals surface area contributed by atoms with E-state index in [1.807, 2.05) is 0 Å². The molecule has 3 aromatic carbocycles. The van der Waals surface area contributed by atoms with Crippen molar-refractivity contribution < 1.29 is 9.84 Å². The number of ether oxygens (including phenoxy) is 1. The Hall–Kier alpha value is -2.72. The molecule has 3 nitrogen and oxygen atoms in total. The number of hydrogen-bond donors (Lipinski definition) is 1. The van der Waals surface area contributed by atoms with Gasteiger partial charge in [0, 0.05) is 37.6 Å². The highest BCUT2D eigenvalue weighted by atomic mass is 16.5. The Morgan fingerprint density at radius 2 is 1.23 bits per heavy atom. The third-order valence-corrected chi connectivity index (χ3v) is 6.67. The van der Waals surface area contributed by atoms with Gasteiger partial charge in [0.05, 0.1) is 12.2 Å². The van der Waals surface area contributed by atoms with Crippen LogP contribution >= 0.6 is 0 Å². The minimum Gasteiger partial charge on any atom is -0.396 e. The number of fused-ring (bicyclic) bond motifs is 2. The largest absolute Gasteiger partial charge is 0.396 e. The lowest BCUT2D eigenvalue weighted by atomic mass is 9.75. The van der Waals surface area contributed by atoms with Gasteiger partial charge in [-0.25, -0.2) is 0 Å². The number of benzene rings is 3. The predicted molar refractivity (Wildman–Crippen MR) is 123 cm³/mol.